The Morgan fingerprint density at radius 2 is 2.29 bits per heavy atom. The Hall–Kier alpha value is -0.920. The summed E-state index contributed by atoms with van der Waals surface area (Å²) in [5.41, 5.74) is 0.308. The zero-order chi connectivity index (χ0) is 12.4. The second-order valence-corrected chi connectivity index (χ2v) is 6.01. The van der Waals surface area contributed by atoms with Crippen LogP contribution in [0, 0.1) is 11.3 Å². The summed E-state index contributed by atoms with van der Waals surface area (Å²) in [5, 5.41) is 9.94. The average Bonchev–Trinajstić information content (AvgIpc) is 2.34. The van der Waals surface area contributed by atoms with Gasteiger partial charge in [0.25, 0.3) is 0 Å². The lowest BCUT2D eigenvalue weighted by Crippen LogP contribution is -2.45. The van der Waals surface area contributed by atoms with Crippen LogP contribution in [0.3, 0.4) is 0 Å². The maximum absolute atomic E-state index is 8.94. The number of rotatable bonds is 1. The Kier molecular flexibility index (Phi) is 3.80. The van der Waals surface area contributed by atoms with Crippen molar-refractivity contribution in [1.82, 2.24) is 4.98 Å². The van der Waals surface area contributed by atoms with E-state index in [1.807, 2.05) is 23.9 Å². The van der Waals surface area contributed by atoms with Gasteiger partial charge in [-0.3, -0.25) is 0 Å². The highest BCUT2D eigenvalue weighted by Crippen LogP contribution is 2.29. The number of hydrogen-bond acceptors (Lipinski definition) is 4. The molecule has 0 aliphatic carbocycles. The molecule has 1 aromatic rings. The van der Waals surface area contributed by atoms with Crippen LogP contribution in [0.25, 0.3) is 0 Å². The van der Waals surface area contributed by atoms with E-state index in [1.54, 1.807) is 6.07 Å². The van der Waals surface area contributed by atoms with E-state index >= 15 is 0 Å². The topological polar surface area (TPSA) is 39.9 Å². The summed E-state index contributed by atoms with van der Waals surface area (Å²) in [6.07, 6.45) is 0. The number of halogens is 1. The molecule has 2 heterocycles. The fourth-order valence-electron chi connectivity index (χ4n) is 1.93. The first kappa shape index (κ1) is 12.5. The van der Waals surface area contributed by atoms with Gasteiger partial charge in [-0.05, 0) is 19.1 Å². The Morgan fingerprint density at radius 1 is 1.53 bits per heavy atom. The largest absolute Gasteiger partial charge is 0.352 e. The van der Waals surface area contributed by atoms with Crippen molar-refractivity contribution in [2.45, 2.75) is 25.1 Å². The minimum absolute atomic E-state index is 0.308. The summed E-state index contributed by atoms with van der Waals surface area (Å²) >= 11 is 7.87. The van der Waals surface area contributed by atoms with Gasteiger partial charge in [0.15, 0.2) is 5.69 Å². The Morgan fingerprint density at radius 3 is 3.00 bits per heavy atom. The number of pyridine rings is 1. The second kappa shape index (κ2) is 5.16. The van der Waals surface area contributed by atoms with Crippen molar-refractivity contribution >= 4 is 29.2 Å². The summed E-state index contributed by atoms with van der Waals surface area (Å²) in [6, 6.07) is 6.09. The number of nitrogens with zero attached hydrogens (tertiary/aromatic N) is 3. The molecule has 1 saturated heterocycles. The van der Waals surface area contributed by atoms with Gasteiger partial charge in [-0.2, -0.15) is 17.0 Å². The quantitative estimate of drug-likeness (QED) is 0.784. The molecule has 0 bridgehead atoms. The lowest BCUT2D eigenvalue weighted by atomic mass is 10.2. The van der Waals surface area contributed by atoms with Crippen LogP contribution < -0.4 is 4.90 Å². The van der Waals surface area contributed by atoms with Crippen molar-refractivity contribution < 1.29 is 0 Å². The maximum atomic E-state index is 8.94. The van der Waals surface area contributed by atoms with Gasteiger partial charge >= 0.3 is 0 Å². The smallest absolute Gasteiger partial charge is 0.161 e. The molecule has 0 N–H and O–H groups in total. The number of anilines is 1. The van der Waals surface area contributed by atoms with Gasteiger partial charge < -0.3 is 4.90 Å². The Labute approximate surface area is 111 Å². The molecule has 1 aromatic heterocycles. The van der Waals surface area contributed by atoms with Crippen molar-refractivity contribution in [2.75, 3.05) is 17.2 Å². The summed E-state index contributed by atoms with van der Waals surface area (Å²) in [6.45, 7) is 5.39. The highest BCUT2D eigenvalue weighted by atomic mass is 35.5. The van der Waals surface area contributed by atoms with Crippen molar-refractivity contribution in [3.05, 3.63) is 22.8 Å². The molecular weight excluding hydrogens is 254 g/mol. The van der Waals surface area contributed by atoms with Crippen molar-refractivity contribution in [2.24, 2.45) is 0 Å². The van der Waals surface area contributed by atoms with Gasteiger partial charge in [-0.15, -0.1) is 0 Å². The molecule has 0 aromatic carbocycles. The molecule has 0 spiro atoms. The minimum atomic E-state index is 0.308. The highest BCUT2D eigenvalue weighted by Gasteiger charge is 2.26. The molecular formula is C12H14ClN3S. The van der Waals surface area contributed by atoms with Gasteiger partial charge in [0.1, 0.15) is 11.9 Å². The molecule has 5 heteroatoms. The fraction of sp³-hybridized carbons (Fsp3) is 0.500. The Balaban J connectivity index is 2.31. The van der Waals surface area contributed by atoms with Crippen LogP contribution in [0.4, 0.5) is 5.82 Å². The number of thioether (sulfide) groups is 1. The average molecular weight is 268 g/mol. The minimum Gasteiger partial charge on any atom is -0.352 e. The summed E-state index contributed by atoms with van der Waals surface area (Å²) < 4.78 is 0. The van der Waals surface area contributed by atoms with Crippen LogP contribution in [0.1, 0.15) is 19.5 Å². The van der Waals surface area contributed by atoms with Crippen molar-refractivity contribution in [3.8, 4) is 6.07 Å². The first-order valence-corrected chi connectivity index (χ1v) is 7.01. The molecule has 3 nitrogen and oxygen atoms in total. The predicted octanol–water partition coefficient (Wildman–Crippen LogP) is 2.94. The third-order valence-electron chi connectivity index (χ3n) is 3.12. The van der Waals surface area contributed by atoms with E-state index in [0.29, 0.717) is 22.0 Å². The second-order valence-electron chi connectivity index (χ2n) is 4.12. The molecule has 1 fully saturated rings. The zero-order valence-corrected chi connectivity index (χ0v) is 11.4. The molecule has 2 rings (SSSR count). The molecule has 0 radical (unpaired) electrons. The van der Waals surface area contributed by atoms with E-state index in [1.165, 1.54) is 0 Å². The lowest BCUT2D eigenvalue weighted by molar-refractivity contribution is 0.620. The van der Waals surface area contributed by atoms with Crippen LogP contribution in [0.15, 0.2) is 12.1 Å². The van der Waals surface area contributed by atoms with Gasteiger partial charge in [-0.1, -0.05) is 18.5 Å². The molecule has 1 aliphatic rings. The van der Waals surface area contributed by atoms with Crippen LogP contribution >= 0.6 is 23.4 Å². The first-order chi connectivity index (χ1) is 8.13. The van der Waals surface area contributed by atoms with E-state index in [0.717, 1.165) is 18.1 Å². The molecule has 0 saturated carbocycles. The van der Waals surface area contributed by atoms with Crippen LogP contribution in [0.5, 0.6) is 0 Å². The van der Waals surface area contributed by atoms with E-state index in [2.05, 4.69) is 23.7 Å². The van der Waals surface area contributed by atoms with Crippen LogP contribution in [-0.2, 0) is 0 Å². The van der Waals surface area contributed by atoms with Gasteiger partial charge in [0, 0.05) is 23.6 Å². The van der Waals surface area contributed by atoms with Crippen molar-refractivity contribution in [1.29, 1.82) is 5.26 Å². The number of hydrogen-bond donors (Lipinski definition) is 0. The van der Waals surface area contributed by atoms with E-state index in [9.17, 15) is 0 Å². The third kappa shape index (κ3) is 2.51. The van der Waals surface area contributed by atoms with Gasteiger partial charge in [0.05, 0.1) is 5.02 Å². The molecule has 1 aliphatic heterocycles. The first-order valence-electron chi connectivity index (χ1n) is 5.58. The van der Waals surface area contributed by atoms with Crippen molar-refractivity contribution in [3.63, 3.8) is 0 Å². The molecule has 0 amide bonds. The van der Waals surface area contributed by atoms with Gasteiger partial charge in [0.2, 0.25) is 0 Å². The molecule has 2 atom stereocenters. The van der Waals surface area contributed by atoms with E-state index < -0.39 is 0 Å². The SMILES string of the molecule is CC1SCCN(c2ccc(Cl)c(C#N)n2)C1C. The number of nitriles is 1. The third-order valence-corrected chi connectivity index (χ3v) is 4.76. The fourth-order valence-corrected chi connectivity index (χ4v) is 3.17. The predicted molar refractivity (Wildman–Crippen MR) is 72.7 cm³/mol. The number of aromatic nitrogens is 1. The monoisotopic (exact) mass is 267 g/mol. The summed E-state index contributed by atoms with van der Waals surface area (Å²) in [4.78, 5) is 6.57. The molecule has 2 unspecified atom stereocenters. The summed E-state index contributed by atoms with van der Waals surface area (Å²) in [5.74, 6) is 1.95. The van der Waals surface area contributed by atoms with Gasteiger partial charge in [-0.25, -0.2) is 4.98 Å². The lowest BCUT2D eigenvalue weighted by Gasteiger charge is -2.38. The highest BCUT2D eigenvalue weighted by molar-refractivity contribution is 8.00. The maximum Gasteiger partial charge on any atom is 0.161 e. The molecule has 90 valence electrons. The standard InChI is InChI=1S/C12H14ClN3S/c1-8-9(2)17-6-5-16(8)12-4-3-10(13)11(7-14)15-12/h3-4,8-9H,5-6H2,1-2H3. The van der Waals surface area contributed by atoms with Crippen LogP contribution in [0.2, 0.25) is 5.02 Å². The van der Waals surface area contributed by atoms with E-state index in [-0.39, 0.29) is 0 Å². The zero-order valence-electron chi connectivity index (χ0n) is 9.85. The van der Waals surface area contributed by atoms with Crippen LogP contribution in [-0.4, -0.2) is 28.6 Å². The normalized spacial score (nSPS) is 24.5. The Bertz CT molecular complexity index is 458. The molecule has 17 heavy (non-hydrogen) atoms. The van der Waals surface area contributed by atoms with E-state index in [4.69, 9.17) is 16.9 Å². The summed E-state index contributed by atoms with van der Waals surface area (Å²) in [7, 11) is 0.